The first-order valence-electron chi connectivity index (χ1n) is 14.1. The van der Waals surface area contributed by atoms with Gasteiger partial charge in [0.25, 0.3) is 0 Å². The van der Waals surface area contributed by atoms with Gasteiger partial charge < -0.3 is 24.1 Å². The normalized spacial score (nSPS) is 11.7. The Hall–Kier alpha value is -2.44. The molecule has 0 aliphatic rings. The van der Waals surface area contributed by atoms with Crippen LogP contribution in [0.5, 0.6) is 5.88 Å². The van der Waals surface area contributed by atoms with Gasteiger partial charge in [0.05, 0.1) is 41.9 Å². The van der Waals surface area contributed by atoms with Gasteiger partial charge in [-0.05, 0) is 79.2 Å². The molecule has 0 aliphatic carbocycles. The molecule has 22 heteroatoms. The summed E-state index contributed by atoms with van der Waals surface area (Å²) >= 11 is 2.81. The molecule has 0 spiro atoms. The molecular weight excluding hydrogens is 798 g/mol. The quantitative estimate of drug-likeness (QED) is 0.0878. The van der Waals surface area contributed by atoms with Crippen LogP contribution in [0.4, 0.5) is 11.4 Å². The van der Waals surface area contributed by atoms with Crippen LogP contribution in [0, 0.1) is 6.92 Å². The zero-order valence-electron chi connectivity index (χ0n) is 28.0. The second kappa shape index (κ2) is 16.7. The monoisotopic (exact) mass is 814 g/mol. The fourth-order valence-electron chi connectivity index (χ4n) is 4.94. The summed E-state index contributed by atoms with van der Waals surface area (Å²) in [5.74, 6) is -2.79. The third-order valence-corrected chi connectivity index (χ3v) is 11.2. The summed E-state index contributed by atoms with van der Waals surface area (Å²) in [5, 5.41) is 34.9. The number of carbonyl (C=O) groups is 1. The van der Waals surface area contributed by atoms with Crippen LogP contribution in [0.15, 0.2) is 98.9 Å². The molecule has 0 saturated carbocycles. The van der Waals surface area contributed by atoms with Crippen molar-refractivity contribution in [1.82, 2.24) is 19.7 Å². The van der Waals surface area contributed by atoms with E-state index in [4.69, 9.17) is 4.98 Å². The van der Waals surface area contributed by atoms with Crippen LogP contribution in [0.1, 0.15) is 16.1 Å². The minimum Gasteiger partial charge on any atom is -0.744 e. The van der Waals surface area contributed by atoms with E-state index in [-0.39, 0.29) is 99.9 Å². The average Bonchev–Trinajstić information content (AvgIpc) is 3.77. The van der Waals surface area contributed by atoms with Crippen molar-refractivity contribution in [1.29, 1.82) is 0 Å². The van der Waals surface area contributed by atoms with Gasteiger partial charge in [-0.2, -0.15) is 9.78 Å². The summed E-state index contributed by atoms with van der Waals surface area (Å²) in [6.45, 7) is 2.01. The number of carbonyl (C=O) groups excluding carboxylic acids is 1. The maximum Gasteiger partial charge on any atom is 1.00 e. The molecular formula is C31H17N6Na3O9S4. The molecule has 1 N–H and O–H groups in total. The molecule has 252 valence electrons. The summed E-state index contributed by atoms with van der Waals surface area (Å²) in [5.41, 5.74) is 1.55. The fourth-order valence-corrected chi connectivity index (χ4v) is 8.05. The Morgan fingerprint density at radius 3 is 2.02 bits per heavy atom. The predicted molar refractivity (Wildman–Crippen MR) is 178 cm³/mol. The van der Waals surface area contributed by atoms with Crippen LogP contribution in [0.25, 0.3) is 47.3 Å². The van der Waals surface area contributed by atoms with Crippen LogP contribution in [-0.4, -0.2) is 56.8 Å². The van der Waals surface area contributed by atoms with Gasteiger partial charge in [-0.3, -0.25) is 0 Å². The minimum atomic E-state index is -5.17. The Kier molecular flexibility index (Phi) is 13.7. The Labute approximate surface area is 375 Å². The number of benzene rings is 4. The molecule has 53 heavy (non-hydrogen) atoms. The van der Waals surface area contributed by atoms with Gasteiger partial charge in [0.2, 0.25) is 5.88 Å². The van der Waals surface area contributed by atoms with Crippen LogP contribution in [0.3, 0.4) is 0 Å². The topological polar surface area (TPSA) is 243 Å². The van der Waals surface area contributed by atoms with Crippen molar-refractivity contribution in [3.8, 4) is 32.7 Å². The van der Waals surface area contributed by atoms with Gasteiger partial charge in [-0.25, -0.2) is 26.8 Å². The number of aromatic nitrogens is 4. The first kappa shape index (κ1) is 43.3. The number of rotatable bonds is 8. The van der Waals surface area contributed by atoms with E-state index in [0.717, 1.165) is 61.4 Å². The second-order valence-corrected chi connectivity index (χ2v) is 15.5. The maximum absolute atomic E-state index is 12.3. The Bertz CT molecular complexity index is 2790. The first-order valence-corrected chi connectivity index (χ1v) is 18.5. The molecule has 0 aliphatic heterocycles. The van der Waals surface area contributed by atoms with Gasteiger partial charge in [-0.1, -0.05) is 12.1 Å². The molecule has 0 fully saturated rings. The zero-order valence-corrected chi connectivity index (χ0v) is 37.3. The standard InChI is InChI=1S/C31H20N6O9S4.3Na/c1-15-2-9-20-24(12-15)48-28(32-20)16-4-11-23-22(13-16)33-29(47-23)17-3-10-21(25(14-17)50(44,45)46)34-35-26-27(31(39)40)36-37(30(26)38)18-5-7-19(8-6-18)49(41,42)43;;;/h2-14,38H,1H3,(H,39,40)(H,41,42,43)(H,44,45,46);;;/q;3*+1/p-3. The molecule has 3 heterocycles. The van der Waals surface area contributed by atoms with Crippen molar-refractivity contribution >= 4 is 80.7 Å². The maximum atomic E-state index is 12.3. The minimum absolute atomic E-state index is 0. The summed E-state index contributed by atoms with van der Waals surface area (Å²) in [6, 6.07) is 19.3. The number of hydrogen-bond donors (Lipinski definition) is 1. The van der Waals surface area contributed by atoms with E-state index < -0.39 is 58.9 Å². The zero-order chi connectivity index (χ0) is 35.5. The summed E-state index contributed by atoms with van der Waals surface area (Å²) in [7, 11) is -9.96. The van der Waals surface area contributed by atoms with Gasteiger partial charge in [0.1, 0.15) is 41.6 Å². The number of aromatic hydroxyl groups is 1. The number of carboxylic acid groups (broad SMARTS) is 1. The second-order valence-electron chi connectivity index (χ2n) is 10.7. The number of nitrogens with zero attached hydrogens (tertiary/aromatic N) is 6. The molecule has 7 aromatic rings. The van der Waals surface area contributed by atoms with E-state index in [1.54, 1.807) is 11.3 Å². The van der Waals surface area contributed by atoms with Crippen molar-refractivity contribution in [2.45, 2.75) is 16.7 Å². The van der Waals surface area contributed by atoms with Crippen LogP contribution >= 0.6 is 22.7 Å². The van der Waals surface area contributed by atoms with E-state index in [1.165, 1.54) is 23.5 Å². The first-order chi connectivity index (χ1) is 23.7. The number of thiazole rings is 2. The Balaban J connectivity index is 0.00000209. The van der Waals surface area contributed by atoms with Crippen molar-refractivity contribution in [3.63, 3.8) is 0 Å². The van der Waals surface area contributed by atoms with E-state index in [1.807, 2.05) is 37.3 Å². The van der Waals surface area contributed by atoms with E-state index in [2.05, 4.69) is 26.4 Å². The molecule has 0 amide bonds. The third kappa shape index (κ3) is 9.01. The van der Waals surface area contributed by atoms with E-state index >= 15 is 0 Å². The smallest absolute Gasteiger partial charge is 0.744 e. The molecule has 15 nitrogen and oxygen atoms in total. The summed E-state index contributed by atoms with van der Waals surface area (Å²) in [6.07, 6.45) is 0. The molecule has 0 radical (unpaired) electrons. The van der Waals surface area contributed by atoms with E-state index in [9.17, 15) is 40.9 Å². The van der Waals surface area contributed by atoms with Crippen LogP contribution in [0.2, 0.25) is 0 Å². The van der Waals surface area contributed by atoms with Crippen molar-refractivity contribution < 1.29 is 130 Å². The molecule has 0 unspecified atom stereocenters. The van der Waals surface area contributed by atoms with Crippen molar-refractivity contribution in [2.75, 3.05) is 0 Å². The van der Waals surface area contributed by atoms with Gasteiger partial charge in [-0.15, -0.1) is 32.9 Å². The molecule has 0 saturated heterocycles. The molecule has 3 aromatic heterocycles. The number of aromatic carboxylic acids is 1. The fraction of sp³-hybridized carbons (Fsp3) is 0.0323. The van der Waals surface area contributed by atoms with Crippen LogP contribution < -0.4 is 93.8 Å². The number of hydrogen-bond acceptors (Lipinski definition) is 16. The molecule has 0 bridgehead atoms. The summed E-state index contributed by atoms with van der Waals surface area (Å²) < 4.78 is 73.2. The van der Waals surface area contributed by atoms with E-state index in [0.29, 0.717) is 15.2 Å². The SMILES string of the molecule is Cc1ccc2nc(-c3ccc4sc(-c5ccc(N=Nc6c(C(=O)[O-])nn(-c7ccc(S(=O)(=O)[O-])cc7)c6O)c(S(=O)(=O)[O-])c5)nc4c3)sc2c1.[Na+].[Na+].[Na+]. The van der Waals surface area contributed by atoms with Gasteiger partial charge in [0.15, 0.2) is 5.69 Å². The number of fused-ring (bicyclic) bond motifs is 2. The molecule has 0 atom stereocenters. The van der Waals surface area contributed by atoms with Gasteiger partial charge >= 0.3 is 88.7 Å². The van der Waals surface area contributed by atoms with Crippen molar-refractivity contribution in [2.24, 2.45) is 10.2 Å². The van der Waals surface area contributed by atoms with Crippen molar-refractivity contribution in [3.05, 3.63) is 90.1 Å². The largest absolute Gasteiger partial charge is 1.00 e. The molecule has 4 aromatic carbocycles. The summed E-state index contributed by atoms with van der Waals surface area (Å²) in [4.78, 5) is 19.8. The molecule has 7 rings (SSSR count). The number of aryl methyl sites for hydroxylation is 1. The predicted octanol–water partition coefficient (Wildman–Crippen LogP) is -3.96. The third-order valence-electron chi connectivity index (χ3n) is 7.31. The average molecular weight is 815 g/mol. The Morgan fingerprint density at radius 2 is 1.38 bits per heavy atom. The van der Waals surface area contributed by atoms with Crippen LogP contribution in [-0.2, 0) is 20.2 Å². The Morgan fingerprint density at radius 1 is 0.755 bits per heavy atom. The number of carboxylic acids is 1. The van der Waals surface area contributed by atoms with Gasteiger partial charge in [0, 0.05) is 11.1 Å². The number of azo groups is 1.